The number of likely N-dealkylation sites (N-methyl/N-ethyl adjacent to an activating group) is 1. The van der Waals surface area contributed by atoms with E-state index >= 15 is 0 Å². The van der Waals surface area contributed by atoms with Gasteiger partial charge in [0.15, 0.2) is 0 Å². The van der Waals surface area contributed by atoms with Crippen LogP contribution in [0.4, 0.5) is 0 Å². The lowest BCUT2D eigenvalue weighted by atomic mass is 10.0. The van der Waals surface area contributed by atoms with E-state index in [2.05, 4.69) is 6.92 Å². The molecule has 5 nitrogen and oxygen atoms in total. The van der Waals surface area contributed by atoms with Crippen LogP contribution < -0.4 is 0 Å². The van der Waals surface area contributed by atoms with Gasteiger partial charge >= 0.3 is 7.82 Å². The molecule has 0 aromatic carbocycles. The lowest BCUT2D eigenvalue weighted by Crippen LogP contribution is -2.42. The van der Waals surface area contributed by atoms with Crippen molar-refractivity contribution in [1.82, 2.24) is 0 Å². The van der Waals surface area contributed by atoms with E-state index in [1.54, 1.807) is 0 Å². The molecule has 0 radical (unpaired) electrons. The summed E-state index contributed by atoms with van der Waals surface area (Å²) in [6.45, 7) is 2.88. The molecule has 0 saturated carbocycles. The molecule has 0 aliphatic carbocycles. The van der Waals surface area contributed by atoms with Gasteiger partial charge in [-0.2, -0.15) is 0 Å². The van der Waals surface area contributed by atoms with E-state index in [9.17, 15) is 4.57 Å². The first-order valence-corrected chi connectivity index (χ1v) is 12.7. The predicted octanol–water partition coefficient (Wildman–Crippen LogP) is 6.04. The van der Waals surface area contributed by atoms with E-state index in [-0.39, 0.29) is 6.10 Å². The molecule has 0 heterocycles. The Kier molecular flexibility index (Phi) is 16.0. The van der Waals surface area contributed by atoms with Crippen LogP contribution in [0.2, 0.25) is 0 Å². The fourth-order valence-corrected chi connectivity index (χ4v) is 4.11. The number of rotatable bonds is 19. The minimum absolute atomic E-state index is 0.372. The van der Waals surface area contributed by atoms with E-state index < -0.39 is 7.82 Å². The van der Waals surface area contributed by atoms with Gasteiger partial charge in [-0.3, -0.25) is 4.52 Å². The average molecular weight is 409 g/mol. The number of nitrogens with zero attached hydrogens (tertiary/aromatic N) is 1. The molecule has 0 aromatic rings. The van der Waals surface area contributed by atoms with Crippen LogP contribution in [-0.4, -0.2) is 48.1 Å². The zero-order valence-corrected chi connectivity index (χ0v) is 19.4. The zero-order valence-electron chi connectivity index (χ0n) is 18.5. The smallest absolute Gasteiger partial charge is 0.329 e. The summed E-state index contributed by atoms with van der Waals surface area (Å²) in [5.74, 6) is 0. The van der Waals surface area contributed by atoms with Crippen molar-refractivity contribution in [1.29, 1.82) is 0 Å². The van der Waals surface area contributed by atoms with Gasteiger partial charge in [-0.1, -0.05) is 96.8 Å². The zero-order chi connectivity index (χ0) is 20.6. The Hall–Kier alpha value is 0.0700. The summed E-state index contributed by atoms with van der Waals surface area (Å²) in [6, 6.07) is 0. The second-order valence-corrected chi connectivity index (χ2v) is 10.3. The normalized spacial score (nSPS) is 13.9. The minimum atomic E-state index is -4.41. The van der Waals surface area contributed by atoms with Crippen molar-refractivity contribution in [2.45, 2.75) is 109 Å². The van der Waals surface area contributed by atoms with Crippen molar-refractivity contribution in [3.63, 3.8) is 0 Å². The number of phosphoric acid groups is 1. The van der Waals surface area contributed by atoms with Gasteiger partial charge < -0.3 is 14.3 Å². The van der Waals surface area contributed by atoms with Crippen LogP contribution in [0.25, 0.3) is 0 Å². The molecule has 0 aliphatic heterocycles. The Balaban J connectivity index is 3.58. The summed E-state index contributed by atoms with van der Waals surface area (Å²) in [7, 11) is 1.64. The van der Waals surface area contributed by atoms with E-state index in [0.717, 1.165) is 19.3 Å². The van der Waals surface area contributed by atoms with Gasteiger partial charge in [-0.25, -0.2) is 4.57 Å². The molecule has 2 N–H and O–H groups in total. The molecule has 0 aliphatic rings. The Morgan fingerprint density at radius 1 is 0.741 bits per heavy atom. The Morgan fingerprint density at radius 2 is 1.11 bits per heavy atom. The van der Waals surface area contributed by atoms with Crippen LogP contribution in [0.3, 0.4) is 0 Å². The van der Waals surface area contributed by atoms with Gasteiger partial charge in [-0.15, -0.1) is 0 Å². The molecule has 0 saturated heterocycles. The molecule has 0 amide bonds. The fourth-order valence-electron chi connectivity index (χ4n) is 3.55. The third-order valence-electron chi connectivity index (χ3n) is 4.92. The van der Waals surface area contributed by atoms with Crippen LogP contribution >= 0.6 is 7.82 Å². The highest BCUT2D eigenvalue weighted by Gasteiger charge is 2.26. The van der Waals surface area contributed by atoms with Crippen LogP contribution in [0.1, 0.15) is 103 Å². The number of phosphoric ester groups is 1. The lowest BCUT2D eigenvalue weighted by molar-refractivity contribution is -0.873. The minimum Gasteiger partial charge on any atom is -0.329 e. The molecule has 1 unspecified atom stereocenters. The van der Waals surface area contributed by atoms with Crippen molar-refractivity contribution in [2.24, 2.45) is 0 Å². The number of hydrogen-bond donors (Lipinski definition) is 2. The summed E-state index contributed by atoms with van der Waals surface area (Å²) in [4.78, 5) is 18.2. The Morgan fingerprint density at radius 3 is 1.44 bits per heavy atom. The topological polar surface area (TPSA) is 66.8 Å². The average Bonchev–Trinajstić information content (AvgIpc) is 2.52. The number of hydrogen-bond acceptors (Lipinski definition) is 2. The SMILES string of the molecule is CCCCCCCCCCCCCCCCC(C[N+](C)(C)C)OP(=O)(O)O. The van der Waals surface area contributed by atoms with Gasteiger partial charge in [0.2, 0.25) is 0 Å². The van der Waals surface area contributed by atoms with Gasteiger partial charge in [0.25, 0.3) is 0 Å². The van der Waals surface area contributed by atoms with Crippen LogP contribution in [0, 0.1) is 0 Å². The Labute approximate surface area is 168 Å². The monoisotopic (exact) mass is 408 g/mol. The van der Waals surface area contributed by atoms with E-state index in [1.165, 1.54) is 77.0 Å². The quantitative estimate of drug-likeness (QED) is 0.155. The maximum atomic E-state index is 11.1. The first kappa shape index (κ1) is 27.1. The fraction of sp³-hybridized carbons (Fsp3) is 1.00. The van der Waals surface area contributed by atoms with Crippen molar-refractivity contribution >= 4 is 7.82 Å². The highest BCUT2D eigenvalue weighted by atomic mass is 31.2. The Bertz CT molecular complexity index is 379. The maximum Gasteiger partial charge on any atom is 0.470 e. The number of unbranched alkanes of at least 4 members (excludes halogenated alkanes) is 13. The third kappa shape index (κ3) is 22.2. The van der Waals surface area contributed by atoms with Crippen LogP contribution in [-0.2, 0) is 9.09 Å². The molecular formula is C21H47NO4P+. The molecule has 1 atom stereocenters. The third-order valence-corrected chi connectivity index (χ3v) is 5.49. The molecule has 6 heteroatoms. The molecule has 0 bridgehead atoms. The first-order chi connectivity index (χ1) is 12.6. The van der Waals surface area contributed by atoms with Gasteiger partial charge in [0, 0.05) is 0 Å². The second-order valence-electron chi connectivity index (χ2n) is 9.08. The molecule has 164 valence electrons. The summed E-state index contributed by atoms with van der Waals surface area (Å²) >= 11 is 0. The highest BCUT2D eigenvalue weighted by Crippen LogP contribution is 2.39. The predicted molar refractivity (Wildman–Crippen MR) is 115 cm³/mol. The van der Waals surface area contributed by atoms with Gasteiger partial charge in [-0.05, 0) is 6.42 Å². The largest absolute Gasteiger partial charge is 0.470 e. The summed E-state index contributed by atoms with van der Waals surface area (Å²) in [5.41, 5.74) is 0. The molecule has 27 heavy (non-hydrogen) atoms. The van der Waals surface area contributed by atoms with Gasteiger partial charge in [0.05, 0.1) is 21.1 Å². The van der Waals surface area contributed by atoms with E-state index in [1.807, 2.05) is 21.1 Å². The summed E-state index contributed by atoms with van der Waals surface area (Å²) in [5, 5.41) is 0. The summed E-state index contributed by atoms with van der Waals surface area (Å²) in [6.07, 6.45) is 18.7. The van der Waals surface area contributed by atoms with Crippen molar-refractivity contribution in [2.75, 3.05) is 27.7 Å². The van der Waals surface area contributed by atoms with E-state index in [0.29, 0.717) is 11.0 Å². The molecular weight excluding hydrogens is 361 g/mol. The second kappa shape index (κ2) is 15.9. The number of quaternary nitrogens is 1. The van der Waals surface area contributed by atoms with Crippen molar-refractivity contribution in [3.8, 4) is 0 Å². The van der Waals surface area contributed by atoms with Crippen molar-refractivity contribution in [3.05, 3.63) is 0 Å². The molecule has 0 spiro atoms. The van der Waals surface area contributed by atoms with E-state index in [4.69, 9.17) is 14.3 Å². The van der Waals surface area contributed by atoms with Crippen LogP contribution in [0.15, 0.2) is 0 Å². The van der Waals surface area contributed by atoms with Crippen molar-refractivity contribution < 1.29 is 23.4 Å². The molecule has 0 aromatic heterocycles. The lowest BCUT2D eigenvalue weighted by Gasteiger charge is -2.29. The molecule has 0 fully saturated rings. The van der Waals surface area contributed by atoms with Crippen LogP contribution in [0.5, 0.6) is 0 Å². The first-order valence-electron chi connectivity index (χ1n) is 11.2. The maximum absolute atomic E-state index is 11.1. The standard InChI is InChI=1S/C21H46NO4P/c1-5-6-7-8-9-10-11-12-13-14-15-16-17-18-19-21(20-22(2,3)4)26-27(23,24)25/h21H,5-20H2,1-4H3,(H-,23,24,25)/p+1. The van der Waals surface area contributed by atoms with Gasteiger partial charge in [0.1, 0.15) is 12.6 Å². The highest BCUT2D eigenvalue weighted by molar-refractivity contribution is 7.46. The summed E-state index contributed by atoms with van der Waals surface area (Å²) < 4.78 is 16.8. The molecule has 0 rings (SSSR count).